The summed E-state index contributed by atoms with van der Waals surface area (Å²) in [4.78, 5) is 29.1. The number of rotatable bonds is 4. The number of halogens is 1. The summed E-state index contributed by atoms with van der Waals surface area (Å²) < 4.78 is 0. The Morgan fingerprint density at radius 3 is 1.94 bits per heavy atom. The maximum Gasteiger partial charge on any atom is 0.313 e. The smallest absolute Gasteiger partial charge is 0.313 e. The van der Waals surface area contributed by atoms with E-state index in [1.54, 1.807) is 17.0 Å². The fourth-order valence-electron chi connectivity index (χ4n) is 4.00. The number of carbonyl (C=O) groups excluding carboxylic acids is 2. The van der Waals surface area contributed by atoms with Crippen molar-refractivity contribution < 1.29 is 9.59 Å². The Kier molecular flexibility index (Phi) is 6.73. The zero-order valence-corrected chi connectivity index (χ0v) is 18.3. The van der Waals surface area contributed by atoms with Gasteiger partial charge in [0.15, 0.2) is 0 Å². The summed E-state index contributed by atoms with van der Waals surface area (Å²) in [6.07, 6.45) is 0. The maximum absolute atomic E-state index is 12.7. The number of hydrogen-bond acceptors (Lipinski definition) is 4. The number of hydrogen-bond donors (Lipinski definition) is 2. The lowest BCUT2D eigenvalue weighted by Gasteiger charge is -2.39. The van der Waals surface area contributed by atoms with Crippen molar-refractivity contribution in [3.05, 3.63) is 95.0 Å². The average molecular weight is 449 g/mol. The zero-order chi connectivity index (χ0) is 22.5. The largest absolute Gasteiger partial charge is 0.398 e. The predicted molar refractivity (Wildman–Crippen MR) is 127 cm³/mol. The Hall–Kier alpha value is -3.35. The molecule has 0 unspecified atom stereocenters. The molecule has 6 nitrogen and oxygen atoms in total. The van der Waals surface area contributed by atoms with Crippen molar-refractivity contribution in [2.75, 3.05) is 37.2 Å². The van der Waals surface area contributed by atoms with Gasteiger partial charge in [-0.05, 0) is 29.3 Å². The second kappa shape index (κ2) is 9.85. The van der Waals surface area contributed by atoms with E-state index in [9.17, 15) is 9.59 Å². The maximum atomic E-state index is 12.7. The van der Waals surface area contributed by atoms with E-state index in [1.807, 2.05) is 36.4 Å². The monoisotopic (exact) mass is 448 g/mol. The normalized spacial score (nSPS) is 14.4. The van der Waals surface area contributed by atoms with Crippen molar-refractivity contribution in [2.24, 2.45) is 0 Å². The number of nitrogens with two attached hydrogens (primary N) is 1. The molecule has 0 aromatic heterocycles. The van der Waals surface area contributed by atoms with E-state index in [2.05, 4.69) is 34.5 Å². The predicted octanol–water partition coefficient (Wildman–Crippen LogP) is 3.79. The minimum Gasteiger partial charge on any atom is -0.398 e. The molecular weight excluding hydrogens is 424 g/mol. The van der Waals surface area contributed by atoms with Gasteiger partial charge in [-0.1, -0.05) is 72.3 Å². The van der Waals surface area contributed by atoms with Crippen LogP contribution in [0.2, 0.25) is 5.02 Å². The number of carbonyl (C=O) groups is 2. The van der Waals surface area contributed by atoms with E-state index >= 15 is 0 Å². The molecule has 0 saturated carbocycles. The number of nitrogens with zero attached hydrogens (tertiary/aromatic N) is 2. The van der Waals surface area contributed by atoms with Crippen molar-refractivity contribution in [1.29, 1.82) is 0 Å². The fourth-order valence-corrected chi connectivity index (χ4v) is 4.18. The van der Waals surface area contributed by atoms with Gasteiger partial charge in [0.2, 0.25) is 0 Å². The second-order valence-corrected chi connectivity index (χ2v) is 8.15. The lowest BCUT2D eigenvalue weighted by molar-refractivity contribution is -0.144. The topological polar surface area (TPSA) is 78.7 Å². The third-order valence-electron chi connectivity index (χ3n) is 5.65. The summed E-state index contributed by atoms with van der Waals surface area (Å²) in [5.41, 5.74) is 8.96. The number of anilines is 2. The molecular formula is C25H25ClN4O2. The van der Waals surface area contributed by atoms with Crippen LogP contribution in [0.1, 0.15) is 17.2 Å². The highest BCUT2D eigenvalue weighted by molar-refractivity contribution is 6.40. The molecule has 3 N–H and O–H groups in total. The second-order valence-electron chi connectivity index (χ2n) is 7.74. The van der Waals surface area contributed by atoms with Crippen molar-refractivity contribution in [1.82, 2.24) is 9.80 Å². The van der Waals surface area contributed by atoms with Gasteiger partial charge >= 0.3 is 11.8 Å². The minimum absolute atomic E-state index is 0.0976. The molecule has 1 saturated heterocycles. The molecule has 1 fully saturated rings. The molecule has 3 aromatic carbocycles. The minimum atomic E-state index is -0.679. The number of benzene rings is 3. The van der Waals surface area contributed by atoms with Crippen LogP contribution in [0.25, 0.3) is 0 Å². The fraction of sp³-hybridized carbons (Fsp3) is 0.200. The van der Waals surface area contributed by atoms with Crippen LogP contribution in [-0.4, -0.2) is 47.8 Å². The van der Waals surface area contributed by atoms with E-state index in [0.29, 0.717) is 42.6 Å². The first kappa shape index (κ1) is 21.9. The Balaban J connectivity index is 1.42. The number of nitrogen functional groups attached to an aromatic ring is 1. The number of amides is 2. The molecule has 0 atom stereocenters. The SMILES string of the molecule is Nc1ccc(NC(=O)C(=O)N2CCN(C(c3ccccc3)c3ccccc3)CC2)cc1Cl. The van der Waals surface area contributed by atoms with Gasteiger partial charge in [0.1, 0.15) is 0 Å². The molecule has 2 amide bonds. The molecule has 3 aromatic rings. The molecule has 0 radical (unpaired) electrons. The summed E-state index contributed by atoms with van der Waals surface area (Å²) in [5, 5.41) is 2.94. The average Bonchev–Trinajstić information content (AvgIpc) is 2.83. The Morgan fingerprint density at radius 1 is 0.844 bits per heavy atom. The van der Waals surface area contributed by atoms with Crippen LogP contribution in [-0.2, 0) is 9.59 Å². The molecule has 164 valence electrons. The van der Waals surface area contributed by atoms with Crippen LogP contribution in [0.5, 0.6) is 0 Å². The van der Waals surface area contributed by atoms with Crippen LogP contribution in [0, 0.1) is 0 Å². The van der Waals surface area contributed by atoms with Gasteiger partial charge in [0.05, 0.1) is 16.8 Å². The lowest BCUT2D eigenvalue weighted by Crippen LogP contribution is -2.52. The van der Waals surface area contributed by atoms with Crippen molar-refractivity contribution >= 4 is 34.8 Å². The first-order chi connectivity index (χ1) is 15.5. The van der Waals surface area contributed by atoms with Gasteiger partial charge in [0.25, 0.3) is 0 Å². The quantitative estimate of drug-likeness (QED) is 0.470. The molecule has 1 aliphatic rings. The summed E-state index contributed by atoms with van der Waals surface area (Å²) in [5.74, 6) is -1.23. The molecule has 7 heteroatoms. The Labute approximate surface area is 192 Å². The van der Waals surface area contributed by atoms with Gasteiger partial charge in [-0.25, -0.2) is 0 Å². The van der Waals surface area contributed by atoms with Crippen molar-refractivity contribution in [2.45, 2.75) is 6.04 Å². The van der Waals surface area contributed by atoms with Gasteiger partial charge in [-0.2, -0.15) is 0 Å². The van der Waals surface area contributed by atoms with Gasteiger partial charge in [-0.3, -0.25) is 14.5 Å². The number of nitrogens with one attached hydrogen (secondary N) is 1. The molecule has 0 bridgehead atoms. The number of piperazine rings is 1. The molecule has 1 heterocycles. The van der Waals surface area contributed by atoms with E-state index in [-0.39, 0.29) is 6.04 Å². The third-order valence-corrected chi connectivity index (χ3v) is 5.98. The lowest BCUT2D eigenvalue weighted by atomic mass is 9.96. The molecule has 0 spiro atoms. The van der Waals surface area contributed by atoms with Crippen molar-refractivity contribution in [3.63, 3.8) is 0 Å². The Bertz CT molecular complexity index is 1040. The van der Waals surface area contributed by atoms with Crippen LogP contribution in [0.15, 0.2) is 78.9 Å². The van der Waals surface area contributed by atoms with Crippen LogP contribution >= 0.6 is 11.6 Å². The van der Waals surface area contributed by atoms with E-state index in [4.69, 9.17) is 17.3 Å². The first-order valence-electron chi connectivity index (χ1n) is 10.5. The highest BCUT2D eigenvalue weighted by Crippen LogP contribution is 2.29. The summed E-state index contributed by atoms with van der Waals surface area (Å²) in [7, 11) is 0. The van der Waals surface area contributed by atoms with E-state index in [1.165, 1.54) is 17.2 Å². The third kappa shape index (κ3) is 4.93. The molecule has 4 rings (SSSR count). The zero-order valence-electron chi connectivity index (χ0n) is 17.6. The van der Waals surface area contributed by atoms with Crippen LogP contribution in [0.3, 0.4) is 0 Å². The summed E-state index contributed by atoms with van der Waals surface area (Å²) in [6.45, 7) is 2.29. The summed E-state index contributed by atoms with van der Waals surface area (Å²) in [6, 6.07) is 25.5. The van der Waals surface area contributed by atoms with Crippen molar-refractivity contribution in [3.8, 4) is 0 Å². The van der Waals surface area contributed by atoms with Gasteiger partial charge in [-0.15, -0.1) is 0 Å². The van der Waals surface area contributed by atoms with Crippen LogP contribution < -0.4 is 11.1 Å². The van der Waals surface area contributed by atoms with Crippen LogP contribution in [0.4, 0.5) is 11.4 Å². The first-order valence-corrected chi connectivity index (χ1v) is 10.9. The molecule has 32 heavy (non-hydrogen) atoms. The summed E-state index contributed by atoms with van der Waals surface area (Å²) >= 11 is 6.00. The Morgan fingerprint density at radius 2 is 1.41 bits per heavy atom. The molecule has 0 aliphatic carbocycles. The van der Waals surface area contributed by atoms with Gasteiger partial charge in [0, 0.05) is 31.9 Å². The standard InChI is InChI=1S/C25H25ClN4O2/c26-21-17-20(11-12-22(21)27)28-24(31)25(32)30-15-13-29(14-16-30)23(18-7-3-1-4-8-18)19-9-5-2-6-10-19/h1-12,17,23H,13-16,27H2,(H,28,31). The highest BCUT2D eigenvalue weighted by atomic mass is 35.5. The van der Waals surface area contributed by atoms with E-state index in [0.717, 1.165) is 0 Å². The van der Waals surface area contributed by atoms with Gasteiger partial charge < -0.3 is 16.0 Å². The van der Waals surface area contributed by atoms with E-state index < -0.39 is 11.8 Å². The highest BCUT2D eigenvalue weighted by Gasteiger charge is 2.30. The molecule has 1 aliphatic heterocycles.